The Hall–Kier alpha value is -4.53. The van der Waals surface area contributed by atoms with Crippen molar-refractivity contribution in [1.82, 2.24) is 26.1 Å². The van der Waals surface area contributed by atoms with Crippen molar-refractivity contribution in [3.05, 3.63) is 52.7 Å². The summed E-state index contributed by atoms with van der Waals surface area (Å²) >= 11 is 5.95. The van der Waals surface area contributed by atoms with E-state index >= 15 is 0 Å². The Morgan fingerprint density at radius 3 is 2.70 bits per heavy atom. The number of ether oxygens (including phenoxy) is 1. The molecular formula is C24H23ClF3N7O5. The average Bonchev–Trinajstić information content (AvgIpc) is 3.36. The Kier molecular flexibility index (Phi) is 8.93. The lowest BCUT2D eigenvalue weighted by Crippen LogP contribution is -2.41. The number of hydrogen-bond donors (Lipinski definition) is 6. The topological polar surface area (TPSA) is 170 Å². The van der Waals surface area contributed by atoms with Crippen LogP contribution in [0.4, 0.5) is 18.9 Å². The number of halogens is 4. The van der Waals surface area contributed by atoms with Crippen molar-refractivity contribution in [2.75, 3.05) is 25.0 Å². The number of rotatable bonds is 10. The molecule has 0 saturated carbocycles. The second kappa shape index (κ2) is 12.5. The van der Waals surface area contributed by atoms with Crippen molar-refractivity contribution in [2.24, 2.45) is 4.99 Å². The summed E-state index contributed by atoms with van der Waals surface area (Å²) < 4.78 is 43.0. The van der Waals surface area contributed by atoms with Gasteiger partial charge in [-0.3, -0.25) is 19.5 Å². The van der Waals surface area contributed by atoms with Crippen LogP contribution in [0.3, 0.4) is 0 Å². The number of aliphatic carboxylic acids is 1. The van der Waals surface area contributed by atoms with E-state index in [1.54, 1.807) is 0 Å². The quantitative estimate of drug-likeness (QED) is 0.212. The molecule has 6 N–H and O–H groups in total. The lowest BCUT2D eigenvalue weighted by molar-refractivity contribution is -0.137. The third kappa shape index (κ3) is 7.53. The SMILES string of the molecule is O=C(O)C[C@H](NC(=O)CNC(=O)c1cc(NC2=NCC(F)CN2)c2cn[nH]c2c1)c1cc(Cl)cc(OC(F)F)c1. The Balaban J connectivity index is 1.45. The van der Waals surface area contributed by atoms with Crippen LogP contribution in [0, 0.1) is 0 Å². The molecule has 0 bridgehead atoms. The van der Waals surface area contributed by atoms with Gasteiger partial charge in [-0.05, 0) is 35.9 Å². The second-order valence-electron chi connectivity index (χ2n) is 8.65. The zero-order valence-corrected chi connectivity index (χ0v) is 21.3. The molecule has 1 unspecified atom stereocenters. The molecule has 1 aliphatic rings. The molecule has 12 nitrogen and oxygen atoms in total. The van der Waals surface area contributed by atoms with Gasteiger partial charge in [-0.1, -0.05) is 11.6 Å². The Bertz CT molecular complexity index is 1450. The highest BCUT2D eigenvalue weighted by molar-refractivity contribution is 6.30. The van der Waals surface area contributed by atoms with Gasteiger partial charge in [0.15, 0.2) is 5.96 Å². The van der Waals surface area contributed by atoms with Crippen molar-refractivity contribution in [3.8, 4) is 5.75 Å². The summed E-state index contributed by atoms with van der Waals surface area (Å²) in [5.74, 6) is -2.66. The average molecular weight is 582 g/mol. The number of aliphatic imine (C=N–C) groups is 1. The summed E-state index contributed by atoms with van der Waals surface area (Å²) in [4.78, 5) is 41.0. The third-order valence-corrected chi connectivity index (χ3v) is 5.88. The lowest BCUT2D eigenvalue weighted by Gasteiger charge is -2.20. The van der Waals surface area contributed by atoms with Crippen molar-refractivity contribution < 1.29 is 37.4 Å². The van der Waals surface area contributed by atoms with E-state index in [-0.39, 0.29) is 35.0 Å². The number of H-pyrrole nitrogens is 1. The minimum Gasteiger partial charge on any atom is -0.481 e. The van der Waals surface area contributed by atoms with E-state index in [0.717, 1.165) is 12.1 Å². The lowest BCUT2D eigenvalue weighted by atomic mass is 10.0. The monoisotopic (exact) mass is 581 g/mol. The zero-order valence-electron chi connectivity index (χ0n) is 20.5. The largest absolute Gasteiger partial charge is 0.481 e. The summed E-state index contributed by atoms with van der Waals surface area (Å²) in [6.07, 6.45) is -0.171. The highest BCUT2D eigenvalue weighted by Gasteiger charge is 2.22. The smallest absolute Gasteiger partial charge is 0.387 e. The van der Waals surface area contributed by atoms with Crippen LogP contribution in [0.1, 0.15) is 28.4 Å². The van der Waals surface area contributed by atoms with E-state index in [4.69, 9.17) is 11.6 Å². The number of hydrogen-bond acceptors (Lipinski definition) is 8. The van der Waals surface area contributed by atoms with E-state index in [9.17, 15) is 32.7 Å². The van der Waals surface area contributed by atoms with Gasteiger partial charge in [0, 0.05) is 16.0 Å². The number of carbonyl (C=O) groups is 3. The number of carbonyl (C=O) groups excluding carboxylic acids is 2. The molecule has 40 heavy (non-hydrogen) atoms. The van der Waals surface area contributed by atoms with Crippen LogP contribution in [-0.4, -0.2) is 71.5 Å². The predicted molar refractivity (Wildman–Crippen MR) is 138 cm³/mol. The number of aromatic amines is 1. The number of guanidine groups is 1. The summed E-state index contributed by atoms with van der Waals surface area (Å²) in [5.41, 5.74) is 1.22. The number of anilines is 1. The molecule has 0 saturated heterocycles. The third-order valence-electron chi connectivity index (χ3n) is 5.66. The van der Waals surface area contributed by atoms with Gasteiger partial charge in [0.05, 0.1) is 49.5 Å². The first-order chi connectivity index (χ1) is 19.1. The van der Waals surface area contributed by atoms with Crippen LogP contribution in [0.2, 0.25) is 5.02 Å². The van der Waals surface area contributed by atoms with E-state index in [2.05, 4.69) is 41.2 Å². The van der Waals surface area contributed by atoms with Crippen LogP contribution < -0.4 is 26.0 Å². The van der Waals surface area contributed by atoms with Crippen molar-refractivity contribution in [1.29, 1.82) is 0 Å². The molecule has 4 rings (SSSR count). The maximum atomic E-state index is 13.4. The van der Waals surface area contributed by atoms with Crippen molar-refractivity contribution in [2.45, 2.75) is 25.2 Å². The number of alkyl halides is 3. The first-order valence-electron chi connectivity index (χ1n) is 11.8. The first kappa shape index (κ1) is 28.5. The van der Waals surface area contributed by atoms with Gasteiger partial charge in [-0.25, -0.2) is 9.38 Å². The number of carboxylic acids is 1. The van der Waals surface area contributed by atoms with E-state index in [1.807, 2.05) is 0 Å². The van der Waals surface area contributed by atoms with E-state index in [0.29, 0.717) is 22.5 Å². The maximum absolute atomic E-state index is 13.4. The fourth-order valence-electron chi connectivity index (χ4n) is 3.91. The molecule has 2 aromatic carbocycles. The molecule has 16 heteroatoms. The summed E-state index contributed by atoms with van der Waals surface area (Å²) in [7, 11) is 0. The minimum absolute atomic E-state index is 0.0106. The summed E-state index contributed by atoms with van der Waals surface area (Å²) in [6, 6.07) is 5.41. The number of carboxylic acid groups (broad SMARTS) is 1. The maximum Gasteiger partial charge on any atom is 0.387 e. The van der Waals surface area contributed by atoms with E-state index in [1.165, 1.54) is 24.4 Å². The predicted octanol–water partition coefficient (Wildman–Crippen LogP) is 2.59. The van der Waals surface area contributed by atoms with Crippen LogP contribution in [0.5, 0.6) is 5.75 Å². The van der Waals surface area contributed by atoms with Gasteiger partial charge in [0.1, 0.15) is 11.9 Å². The summed E-state index contributed by atoms with van der Waals surface area (Å²) in [6.45, 7) is -3.61. The molecule has 0 radical (unpaired) electrons. The van der Waals surface area contributed by atoms with Crippen LogP contribution in [0.25, 0.3) is 10.9 Å². The molecule has 1 aliphatic heterocycles. The van der Waals surface area contributed by atoms with Gasteiger partial charge in [0.25, 0.3) is 5.91 Å². The van der Waals surface area contributed by atoms with E-state index < -0.39 is 49.6 Å². The Labute approximate surface area is 229 Å². The van der Waals surface area contributed by atoms with Crippen LogP contribution in [-0.2, 0) is 9.59 Å². The molecule has 3 aromatic rings. The molecule has 2 atom stereocenters. The molecule has 1 aromatic heterocycles. The molecular weight excluding hydrogens is 559 g/mol. The fraction of sp³-hybridized carbons (Fsp3) is 0.292. The van der Waals surface area contributed by atoms with Gasteiger partial charge in [-0.15, -0.1) is 0 Å². The van der Waals surface area contributed by atoms with Gasteiger partial charge in [0.2, 0.25) is 5.91 Å². The number of fused-ring (bicyclic) bond motifs is 1. The van der Waals surface area contributed by atoms with Gasteiger partial charge in [-0.2, -0.15) is 13.9 Å². The fourth-order valence-corrected chi connectivity index (χ4v) is 4.14. The molecule has 0 spiro atoms. The molecule has 0 aliphatic carbocycles. The minimum atomic E-state index is -3.14. The highest BCUT2D eigenvalue weighted by Crippen LogP contribution is 2.28. The number of aromatic nitrogens is 2. The number of nitrogens with zero attached hydrogens (tertiary/aromatic N) is 2. The van der Waals surface area contributed by atoms with Gasteiger partial charge < -0.3 is 31.1 Å². The van der Waals surface area contributed by atoms with Crippen LogP contribution in [0.15, 0.2) is 41.5 Å². The molecule has 2 heterocycles. The van der Waals surface area contributed by atoms with Gasteiger partial charge >= 0.3 is 12.6 Å². The highest BCUT2D eigenvalue weighted by atomic mass is 35.5. The summed E-state index contributed by atoms with van der Waals surface area (Å²) in [5, 5.41) is 27.3. The van der Waals surface area contributed by atoms with Crippen LogP contribution >= 0.6 is 11.6 Å². The normalized spacial score (nSPS) is 15.6. The van der Waals surface area contributed by atoms with Crippen molar-refractivity contribution in [3.63, 3.8) is 0 Å². The standard InChI is InChI=1S/C24H23ClF3N7O5/c25-13-1-11(2-15(5-13)40-23(27)28)17(6-21(37)38)33-20(36)10-29-22(39)12-3-18(16-9-32-35-19(16)4-12)34-24-30-7-14(26)8-31-24/h1-5,9,14,17,23H,6-8,10H2,(H,29,39)(H,32,35)(H,33,36)(H,37,38)(H2,30,31,34)/t17-/m0/s1. The number of amides is 2. The Morgan fingerprint density at radius 2 is 2.00 bits per heavy atom. The van der Waals surface area contributed by atoms with Crippen molar-refractivity contribution >= 4 is 51.9 Å². The first-order valence-corrected chi connectivity index (χ1v) is 12.2. The Morgan fingerprint density at radius 1 is 1.20 bits per heavy atom. The number of benzene rings is 2. The zero-order chi connectivity index (χ0) is 28.8. The molecule has 0 fully saturated rings. The number of nitrogens with one attached hydrogen (secondary N) is 5. The second-order valence-corrected chi connectivity index (χ2v) is 9.08. The molecule has 2 amide bonds. The molecule has 212 valence electrons.